The number of nitrogens with one attached hydrogen (secondary N) is 1. The number of anilines is 1. The molecule has 5 nitrogen and oxygen atoms in total. The van der Waals surface area contributed by atoms with Crippen LogP contribution in [0.1, 0.15) is 0 Å². The zero-order chi connectivity index (χ0) is 13.7. The lowest BCUT2D eigenvalue weighted by atomic mass is 10.2. The molecule has 6 heteroatoms. The van der Waals surface area contributed by atoms with Gasteiger partial charge in [0.1, 0.15) is 5.75 Å². The third-order valence-corrected chi connectivity index (χ3v) is 3.63. The number of esters is 1. The minimum absolute atomic E-state index is 0.0832. The maximum Gasteiger partial charge on any atom is 0.343 e. The number of methoxy groups -OCH3 is 1. The molecule has 1 aliphatic heterocycles. The summed E-state index contributed by atoms with van der Waals surface area (Å²) in [5.41, 5.74) is 1.10. The maximum absolute atomic E-state index is 11.1. The van der Waals surface area contributed by atoms with Crippen molar-refractivity contribution in [3.8, 4) is 5.75 Å². The molecule has 0 spiro atoms. The molecule has 1 heterocycles. The quantitative estimate of drug-likeness (QED) is 0.847. The average molecular weight is 329 g/mol. The van der Waals surface area contributed by atoms with E-state index >= 15 is 0 Å². The molecule has 1 fully saturated rings. The maximum atomic E-state index is 11.1. The standard InChI is InChI=1S/C13H17BrN2O3/c1-18-13(17)9-19-12-8-10(2-3-11(12)14)16-6-4-15-5-7-16/h2-3,8,15H,4-7,9H2,1H3. The van der Waals surface area contributed by atoms with E-state index in [4.69, 9.17) is 4.74 Å². The van der Waals surface area contributed by atoms with Crippen molar-refractivity contribution < 1.29 is 14.3 Å². The number of halogens is 1. The van der Waals surface area contributed by atoms with Gasteiger partial charge in [-0.25, -0.2) is 4.79 Å². The predicted octanol–water partition coefficient (Wildman–Crippen LogP) is 1.41. The van der Waals surface area contributed by atoms with Crippen LogP contribution >= 0.6 is 15.9 Å². The molecule has 0 aliphatic carbocycles. The van der Waals surface area contributed by atoms with Gasteiger partial charge in [0.2, 0.25) is 0 Å². The van der Waals surface area contributed by atoms with Gasteiger partial charge in [-0.05, 0) is 28.1 Å². The summed E-state index contributed by atoms with van der Waals surface area (Å²) in [5.74, 6) is 0.265. The van der Waals surface area contributed by atoms with Crippen molar-refractivity contribution in [3.63, 3.8) is 0 Å². The Morgan fingerprint density at radius 2 is 2.16 bits per heavy atom. The Kier molecular flexibility index (Phi) is 5.04. The normalized spacial score (nSPS) is 15.2. The van der Waals surface area contributed by atoms with E-state index in [-0.39, 0.29) is 12.6 Å². The summed E-state index contributed by atoms with van der Waals surface area (Å²) in [6.45, 7) is 3.82. The number of carbonyl (C=O) groups is 1. The SMILES string of the molecule is COC(=O)COc1cc(N2CCNCC2)ccc1Br. The van der Waals surface area contributed by atoms with Gasteiger partial charge in [-0.1, -0.05) is 0 Å². The van der Waals surface area contributed by atoms with E-state index in [9.17, 15) is 4.79 Å². The molecule has 0 bridgehead atoms. The van der Waals surface area contributed by atoms with E-state index in [0.29, 0.717) is 5.75 Å². The predicted molar refractivity (Wildman–Crippen MR) is 76.7 cm³/mol. The number of piperazine rings is 1. The molecule has 1 aromatic rings. The Balaban J connectivity index is 2.07. The molecule has 19 heavy (non-hydrogen) atoms. The zero-order valence-electron chi connectivity index (χ0n) is 10.8. The van der Waals surface area contributed by atoms with E-state index in [0.717, 1.165) is 36.3 Å². The number of hydrogen-bond acceptors (Lipinski definition) is 5. The Morgan fingerprint density at radius 1 is 1.42 bits per heavy atom. The summed E-state index contributed by atoms with van der Waals surface area (Å²) >= 11 is 3.42. The Labute approximate surface area is 121 Å². The first-order valence-electron chi connectivity index (χ1n) is 6.15. The molecule has 1 aliphatic rings. The van der Waals surface area contributed by atoms with Crippen LogP contribution in [-0.4, -0.2) is 45.9 Å². The van der Waals surface area contributed by atoms with Gasteiger partial charge >= 0.3 is 5.97 Å². The van der Waals surface area contributed by atoms with E-state index in [2.05, 4.69) is 30.9 Å². The minimum Gasteiger partial charge on any atom is -0.481 e. The molecule has 104 valence electrons. The lowest BCUT2D eigenvalue weighted by Crippen LogP contribution is -2.43. The summed E-state index contributed by atoms with van der Waals surface area (Å²) in [6.07, 6.45) is 0. The Bertz CT molecular complexity index is 448. The van der Waals surface area contributed by atoms with Gasteiger partial charge in [-0.3, -0.25) is 0 Å². The van der Waals surface area contributed by atoms with Crippen LogP contribution in [0, 0.1) is 0 Å². The molecular formula is C13H17BrN2O3. The van der Waals surface area contributed by atoms with Gasteiger partial charge < -0.3 is 19.7 Å². The molecular weight excluding hydrogens is 312 g/mol. The highest BCUT2D eigenvalue weighted by Crippen LogP contribution is 2.30. The highest BCUT2D eigenvalue weighted by molar-refractivity contribution is 9.10. The number of ether oxygens (including phenoxy) is 2. The van der Waals surface area contributed by atoms with Crippen molar-refractivity contribution in [2.75, 3.05) is 44.8 Å². The minimum atomic E-state index is -0.389. The first-order valence-corrected chi connectivity index (χ1v) is 6.95. The third-order valence-electron chi connectivity index (χ3n) is 2.97. The number of rotatable bonds is 4. The topological polar surface area (TPSA) is 50.8 Å². The zero-order valence-corrected chi connectivity index (χ0v) is 12.4. The fourth-order valence-electron chi connectivity index (χ4n) is 1.92. The van der Waals surface area contributed by atoms with E-state index in [1.54, 1.807) is 0 Å². The van der Waals surface area contributed by atoms with Crippen molar-refractivity contribution in [1.82, 2.24) is 5.32 Å². The number of hydrogen-bond donors (Lipinski definition) is 1. The Morgan fingerprint density at radius 3 is 2.84 bits per heavy atom. The molecule has 1 N–H and O–H groups in total. The van der Waals surface area contributed by atoms with Crippen LogP contribution in [0.3, 0.4) is 0 Å². The largest absolute Gasteiger partial charge is 0.481 e. The number of benzene rings is 1. The third kappa shape index (κ3) is 3.84. The van der Waals surface area contributed by atoms with Gasteiger partial charge in [0.15, 0.2) is 6.61 Å². The highest BCUT2D eigenvalue weighted by atomic mass is 79.9. The van der Waals surface area contributed by atoms with Crippen molar-refractivity contribution in [3.05, 3.63) is 22.7 Å². The second-order valence-electron chi connectivity index (χ2n) is 4.22. The Hall–Kier alpha value is -1.27. The second-order valence-corrected chi connectivity index (χ2v) is 5.07. The fourth-order valence-corrected chi connectivity index (χ4v) is 2.28. The summed E-state index contributed by atoms with van der Waals surface area (Å²) < 4.78 is 10.8. The first kappa shape index (κ1) is 14.1. The van der Waals surface area contributed by atoms with Crippen molar-refractivity contribution in [2.45, 2.75) is 0 Å². The summed E-state index contributed by atoms with van der Waals surface area (Å²) in [5, 5.41) is 3.31. The van der Waals surface area contributed by atoms with Gasteiger partial charge in [0, 0.05) is 37.9 Å². The van der Waals surface area contributed by atoms with Gasteiger partial charge in [0.05, 0.1) is 11.6 Å². The van der Waals surface area contributed by atoms with Gasteiger partial charge in [0.25, 0.3) is 0 Å². The van der Waals surface area contributed by atoms with Gasteiger partial charge in [-0.15, -0.1) is 0 Å². The molecule has 0 amide bonds. The lowest BCUT2D eigenvalue weighted by Gasteiger charge is -2.29. The van der Waals surface area contributed by atoms with Gasteiger partial charge in [-0.2, -0.15) is 0 Å². The first-order chi connectivity index (χ1) is 9.20. The van der Waals surface area contributed by atoms with E-state index < -0.39 is 0 Å². The monoisotopic (exact) mass is 328 g/mol. The van der Waals surface area contributed by atoms with Crippen molar-refractivity contribution in [1.29, 1.82) is 0 Å². The molecule has 2 rings (SSSR count). The molecule has 0 aromatic heterocycles. The lowest BCUT2D eigenvalue weighted by molar-refractivity contribution is -0.142. The summed E-state index contributed by atoms with van der Waals surface area (Å²) in [6, 6.07) is 5.92. The smallest absolute Gasteiger partial charge is 0.343 e. The van der Waals surface area contributed by atoms with Crippen molar-refractivity contribution in [2.24, 2.45) is 0 Å². The highest BCUT2D eigenvalue weighted by Gasteiger charge is 2.13. The second kappa shape index (κ2) is 6.77. The van der Waals surface area contributed by atoms with E-state index in [1.165, 1.54) is 7.11 Å². The molecule has 0 unspecified atom stereocenters. The molecule has 0 radical (unpaired) electrons. The molecule has 0 saturated carbocycles. The molecule has 1 saturated heterocycles. The number of carbonyl (C=O) groups excluding carboxylic acids is 1. The van der Waals surface area contributed by atoms with Crippen LogP contribution in [0.2, 0.25) is 0 Å². The number of nitrogens with zero attached hydrogens (tertiary/aromatic N) is 1. The fraction of sp³-hybridized carbons (Fsp3) is 0.462. The summed E-state index contributed by atoms with van der Waals surface area (Å²) in [4.78, 5) is 13.4. The summed E-state index contributed by atoms with van der Waals surface area (Å²) in [7, 11) is 1.35. The van der Waals surface area contributed by atoms with Crippen LogP contribution in [0.25, 0.3) is 0 Å². The van der Waals surface area contributed by atoms with Crippen LogP contribution in [0.4, 0.5) is 5.69 Å². The molecule has 1 aromatic carbocycles. The van der Waals surface area contributed by atoms with Crippen LogP contribution in [0.5, 0.6) is 5.75 Å². The average Bonchev–Trinajstić information content (AvgIpc) is 2.47. The van der Waals surface area contributed by atoms with Crippen LogP contribution < -0.4 is 15.0 Å². The van der Waals surface area contributed by atoms with Crippen molar-refractivity contribution >= 4 is 27.6 Å². The van der Waals surface area contributed by atoms with E-state index in [1.807, 2.05) is 18.2 Å². The van der Waals surface area contributed by atoms with Crippen LogP contribution in [0.15, 0.2) is 22.7 Å². The van der Waals surface area contributed by atoms with Crippen LogP contribution in [-0.2, 0) is 9.53 Å². The molecule has 0 atom stereocenters.